The summed E-state index contributed by atoms with van der Waals surface area (Å²) in [6.07, 6.45) is 0.969. The lowest BCUT2D eigenvalue weighted by atomic mass is 10.5. The molecule has 0 atom stereocenters. The highest BCUT2D eigenvalue weighted by atomic mass is 127. The Morgan fingerprint density at radius 1 is 1.38 bits per heavy atom. The maximum atomic E-state index is 11.1. The van der Waals surface area contributed by atoms with Crippen molar-refractivity contribution in [2.24, 2.45) is 10.7 Å². The Morgan fingerprint density at radius 2 is 2.06 bits per heavy atom. The number of halogens is 1. The molecule has 0 fully saturated rings. The number of nitrogens with zero attached hydrogens (tertiary/aromatic N) is 1. The molecule has 0 bridgehead atoms. The van der Waals surface area contributed by atoms with E-state index in [-0.39, 0.29) is 36.4 Å². The summed E-state index contributed by atoms with van der Waals surface area (Å²) in [5.41, 5.74) is 5.50. The topological polar surface area (TPSA) is 88.7 Å². The molecule has 7 heteroatoms. The van der Waals surface area contributed by atoms with E-state index >= 15 is 0 Å². The fourth-order valence-electron chi connectivity index (χ4n) is 0.814. The van der Waals surface area contributed by atoms with E-state index in [1.807, 2.05) is 6.92 Å². The second kappa shape index (κ2) is 12.5. The monoisotopic (exact) mass is 344 g/mol. The summed E-state index contributed by atoms with van der Waals surface area (Å²) in [5, 5.41) is 5.52. The number of rotatable bonds is 7. The molecule has 0 aromatic heterocycles. The molecule has 0 radical (unpaired) electrons. The second-order valence-corrected chi connectivity index (χ2v) is 2.97. The van der Waals surface area contributed by atoms with Gasteiger partial charge in [-0.25, -0.2) is 4.99 Å². The Kier molecular flexibility index (Phi) is 13.9. The molecule has 0 aromatic carbocycles. The highest BCUT2D eigenvalue weighted by molar-refractivity contribution is 14.0. The number of aliphatic imine (C=N–C) groups is 1. The normalized spacial score (nSPS) is 10.5. The van der Waals surface area contributed by atoms with E-state index in [1.165, 1.54) is 0 Å². The number of nitrogens with one attached hydrogen (secondary N) is 2. The first-order valence-corrected chi connectivity index (χ1v) is 5.00. The smallest absolute Gasteiger partial charge is 0.241 e. The van der Waals surface area contributed by atoms with Gasteiger partial charge in [0, 0.05) is 20.2 Å². The Bertz CT molecular complexity index is 212. The van der Waals surface area contributed by atoms with Crippen molar-refractivity contribution in [1.82, 2.24) is 10.6 Å². The van der Waals surface area contributed by atoms with E-state index in [1.54, 1.807) is 7.11 Å². The number of carbonyl (C=O) groups excluding carboxylic acids is 1. The SMILES string of the molecule is CCCNC(N)=NCC(=O)NCCOC.I. The van der Waals surface area contributed by atoms with Gasteiger partial charge >= 0.3 is 0 Å². The van der Waals surface area contributed by atoms with Crippen molar-refractivity contribution in [1.29, 1.82) is 0 Å². The molecular formula is C9H21IN4O2. The second-order valence-electron chi connectivity index (χ2n) is 2.97. The third kappa shape index (κ3) is 11.5. The van der Waals surface area contributed by atoms with Crippen LogP contribution in [0.2, 0.25) is 0 Å². The maximum absolute atomic E-state index is 11.1. The predicted molar refractivity (Wildman–Crippen MR) is 75.1 cm³/mol. The van der Waals surface area contributed by atoms with Gasteiger partial charge in [0.1, 0.15) is 6.54 Å². The van der Waals surface area contributed by atoms with E-state index in [0.717, 1.165) is 13.0 Å². The molecule has 0 spiro atoms. The molecule has 0 saturated heterocycles. The first-order chi connectivity index (χ1) is 7.20. The van der Waals surface area contributed by atoms with Crippen LogP contribution >= 0.6 is 24.0 Å². The largest absolute Gasteiger partial charge is 0.383 e. The van der Waals surface area contributed by atoms with Crippen LogP contribution in [-0.2, 0) is 9.53 Å². The number of methoxy groups -OCH3 is 1. The number of amides is 1. The van der Waals surface area contributed by atoms with Gasteiger partial charge in [-0.3, -0.25) is 4.79 Å². The van der Waals surface area contributed by atoms with Gasteiger partial charge in [-0.2, -0.15) is 0 Å². The molecule has 0 aliphatic heterocycles. The fraction of sp³-hybridized carbons (Fsp3) is 0.778. The number of carbonyl (C=O) groups is 1. The van der Waals surface area contributed by atoms with Crippen molar-refractivity contribution in [2.45, 2.75) is 13.3 Å². The third-order valence-electron chi connectivity index (χ3n) is 1.58. The lowest BCUT2D eigenvalue weighted by Gasteiger charge is -2.04. The third-order valence-corrected chi connectivity index (χ3v) is 1.58. The molecule has 1 amide bonds. The molecule has 4 N–H and O–H groups in total. The van der Waals surface area contributed by atoms with Crippen molar-refractivity contribution >= 4 is 35.8 Å². The summed E-state index contributed by atoms with van der Waals surface area (Å²) >= 11 is 0. The maximum Gasteiger partial charge on any atom is 0.241 e. The van der Waals surface area contributed by atoms with Gasteiger partial charge in [0.05, 0.1) is 6.61 Å². The summed E-state index contributed by atoms with van der Waals surface area (Å²) < 4.78 is 4.78. The summed E-state index contributed by atoms with van der Waals surface area (Å²) in [6, 6.07) is 0. The standard InChI is InChI=1S/C9H20N4O2.HI/c1-3-4-12-9(10)13-7-8(14)11-5-6-15-2;/h3-7H2,1-2H3,(H,11,14)(H3,10,12,13);1H. The number of hydrogen-bond donors (Lipinski definition) is 3. The number of hydrogen-bond acceptors (Lipinski definition) is 3. The van der Waals surface area contributed by atoms with E-state index in [0.29, 0.717) is 19.1 Å². The lowest BCUT2D eigenvalue weighted by molar-refractivity contribution is -0.119. The Balaban J connectivity index is 0. The highest BCUT2D eigenvalue weighted by Crippen LogP contribution is 1.74. The average molecular weight is 344 g/mol. The molecule has 0 aliphatic carbocycles. The number of nitrogens with two attached hydrogens (primary N) is 1. The summed E-state index contributed by atoms with van der Waals surface area (Å²) in [5.74, 6) is 0.145. The predicted octanol–water partition coefficient (Wildman–Crippen LogP) is -0.319. The number of guanidine groups is 1. The molecule has 16 heavy (non-hydrogen) atoms. The molecule has 6 nitrogen and oxygen atoms in total. The van der Waals surface area contributed by atoms with Gasteiger partial charge < -0.3 is 21.1 Å². The van der Waals surface area contributed by atoms with Crippen molar-refractivity contribution in [3.8, 4) is 0 Å². The van der Waals surface area contributed by atoms with Crippen molar-refractivity contribution in [2.75, 3.05) is 33.4 Å². The van der Waals surface area contributed by atoms with E-state index in [2.05, 4.69) is 15.6 Å². The first kappa shape index (κ1) is 17.8. The molecule has 96 valence electrons. The number of ether oxygens (including phenoxy) is 1. The van der Waals surface area contributed by atoms with Gasteiger partial charge in [0.25, 0.3) is 0 Å². The van der Waals surface area contributed by atoms with Crippen LogP contribution in [0.15, 0.2) is 4.99 Å². The van der Waals surface area contributed by atoms with Crippen LogP contribution in [0.1, 0.15) is 13.3 Å². The van der Waals surface area contributed by atoms with Crippen LogP contribution in [0.25, 0.3) is 0 Å². The van der Waals surface area contributed by atoms with Crippen LogP contribution in [0.5, 0.6) is 0 Å². The molecule has 0 rings (SSSR count). The Morgan fingerprint density at radius 3 is 2.62 bits per heavy atom. The molecule has 0 aliphatic rings. The van der Waals surface area contributed by atoms with Crippen LogP contribution in [0.3, 0.4) is 0 Å². The van der Waals surface area contributed by atoms with Gasteiger partial charge in [-0.05, 0) is 6.42 Å². The molecule has 0 heterocycles. The quantitative estimate of drug-likeness (QED) is 0.256. The zero-order chi connectivity index (χ0) is 11.5. The molecule has 0 saturated carbocycles. The summed E-state index contributed by atoms with van der Waals surface area (Å²) in [4.78, 5) is 15.0. The van der Waals surface area contributed by atoms with E-state index in [4.69, 9.17) is 10.5 Å². The van der Waals surface area contributed by atoms with E-state index < -0.39 is 0 Å². The van der Waals surface area contributed by atoms with Crippen LogP contribution in [-0.4, -0.2) is 45.2 Å². The Labute approximate surface area is 113 Å². The van der Waals surface area contributed by atoms with Gasteiger partial charge in [0.15, 0.2) is 5.96 Å². The first-order valence-electron chi connectivity index (χ1n) is 5.00. The zero-order valence-corrected chi connectivity index (χ0v) is 12.1. The van der Waals surface area contributed by atoms with Crippen molar-refractivity contribution in [3.63, 3.8) is 0 Å². The van der Waals surface area contributed by atoms with Gasteiger partial charge in [-0.1, -0.05) is 6.92 Å². The van der Waals surface area contributed by atoms with E-state index in [9.17, 15) is 4.79 Å². The summed E-state index contributed by atoms with van der Waals surface area (Å²) in [6.45, 7) is 3.83. The van der Waals surface area contributed by atoms with Crippen LogP contribution in [0.4, 0.5) is 0 Å². The summed E-state index contributed by atoms with van der Waals surface area (Å²) in [7, 11) is 1.58. The molecule has 0 aromatic rings. The zero-order valence-electron chi connectivity index (χ0n) is 9.78. The van der Waals surface area contributed by atoms with Crippen LogP contribution < -0.4 is 16.4 Å². The fourth-order valence-corrected chi connectivity index (χ4v) is 0.814. The lowest BCUT2D eigenvalue weighted by Crippen LogP contribution is -2.34. The van der Waals surface area contributed by atoms with Crippen molar-refractivity contribution in [3.05, 3.63) is 0 Å². The van der Waals surface area contributed by atoms with Crippen molar-refractivity contribution < 1.29 is 9.53 Å². The minimum absolute atomic E-state index is 0. The highest BCUT2D eigenvalue weighted by Gasteiger charge is 1.98. The molecular weight excluding hydrogens is 323 g/mol. The van der Waals surface area contributed by atoms with Crippen LogP contribution in [0, 0.1) is 0 Å². The van der Waals surface area contributed by atoms with Gasteiger partial charge in [-0.15, -0.1) is 24.0 Å². The minimum Gasteiger partial charge on any atom is -0.383 e. The average Bonchev–Trinajstić information content (AvgIpc) is 2.24. The molecule has 0 unspecified atom stereocenters. The Hall–Kier alpha value is -0.570. The van der Waals surface area contributed by atoms with Gasteiger partial charge in [0.2, 0.25) is 5.91 Å². The minimum atomic E-state index is -0.159.